The van der Waals surface area contributed by atoms with Crippen molar-refractivity contribution in [2.75, 3.05) is 29.9 Å². The van der Waals surface area contributed by atoms with Crippen molar-refractivity contribution in [1.29, 1.82) is 0 Å². The number of imidazole rings is 1. The summed E-state index contributed by atoms with van der Waals surface area (Å²) in [5.41, 5.74) is 2.11. The summed E-state index contributed by atoms with van der Waals surface area (Å²) in [4.78, 5) is 23.0. The van der Waals surface area contributed by atoms with Crippen molar-refractivity contribution in [3.63, 3.8) is 0 Å². The fourth-order valence-corrected chi connectivity index (χ4v) is 5.43. The zero-order chi connectivity index (χ0) is 23.7. The van der Waals surface area contributed by atoms with Gasteiger partial charge in [0.1, 0.15) is 10.6 Å². The average Bonchev–Trinajstić information content (AvgIpc) is 3.40. The number of nitrogens with zero attached hydrogens (tertiary/aromatic N) is 3. The molecule has 2 heterocycles. The topological polar surface area (TPSA) is 108 Å². The molecule has 0 spiro atoms. The first-order valence-electron chi connectivity index (χ1n) is 11.7. The second-order valence-corrected chi connectivity index (χ2v) is 10.4. The van der Waals surface area contributed by atoms with Crippen molar-refractivity contribution in [3.05, 3.63) is 42.5 Å². The lowest BCUT2D eigenvalue weighted by molar-refractivity contribution is -0.107. The van der Waals surface area contributed by atoms with Gasteiger partial charge in [0, 0.05) is 30.4 Å². The van der Waals surface area contributed by atoms with E-state index < -0.39 is 10.1 Å². The minimum Gasteiger partial charge on any atom is -0.383 e. The number of nitrogens with one attached hydrogen (secondary N) is 2. The molecule has 1 amide bonds. The zero-order valence-corrected chi connectivity index (χ0v) is 19.9. The van der Waals surface area contributed by atoms with Gasteiger partial charge in [0.25, 0.3) is 0 Å². The van der Waals surface area contributed by atoms with E-state index in [1.165, 1.54) is 12.8 Å². The number of rotatable bonds is 10. The molecule has 2 aromatic carbocycles. The van der Waals surface area contributed by atoms with Gasteiger partial charge in [-0.25, -0.2) is 4.98 Å². The van der Waals surface area contributed by atoms with Gasteiger partial charge in [0.15, 0.2) is 0 Å². The van der Waals surface area contributed by atoms with Crippen LogP contribution in [0.1, 0.15) is 32.6 Å². The van der Waals surface area contributed by atoms with Crippen molar-refractivity contribution in [3.8, 4) is 5.75 Å². The van der Waals surface area contributed by atoms with Gasteiger partial charge in [-0.2, -0.15) is 8.42 Å². The SMILES string of the molecule is CCN1CCCC1CNc1ccc(S(=O)(=O)Oc2ccc3nc(N(C=O)C4CC4)[nH]c3c2)cc1. The molecule has 9 nitrogen and oxygen atoms in total. The molecule has 0 bridgehead atoms. The van der Waals surface area contributed by atoms with Gasteiger partial charge in [-0.15, -0.1) is 0 Å². The molecule has 2 fully saturated rings. The normalized spacial score (nSPS) is 18.8. The minimum atomic E-state index is -4.00. The number of hydrogen-bond acceptors (Lipinski definition) is 7. The lowest BCUT2D eigenvalue weighted by Gasteiger charge is -2.23. The number of aromatic nitrogens is 2. The van der Waals surface area contributed by atoms with Crippen molar-refractivity contribution in [2.45, 2.75) is 49.6 Å². The van der Waals surface area contributed by atoms with Crippen LogP contribution >= 0.6 is 0 Å². The van der Waals surface area contributed by atoms with Crippen LogP contribution in [-0.2, 0) is 14.9 Å². The minimum absolute atomic E-state index is 0.0837. The van der Waals surface area contributed by atoms with E-state index in [2.05, 4.69) is 27.1 Å². The molecule has 1 aliphatic heterocycles. The Balaban J connectivity index is 1.26. The standard InChI is InChI=1S/C24H29N5O4S/c1-2-28-13-3-4-19(28)15-25-17-5-10-21(11-6-17)34(31,32)33-20-9-12-22-23(14-20)27-24(26-22)29(16-30)18-7-8-18/h5-6,9-12,14,16,18-19,25H,2-4,7-8,13,15H2,1H3,(H,26,27). The molecular formula is C24H29N5O4S. The number of likely N-dealkylation sites (N-methyl/N-ethyl adjacent to an activating group) is 1. The van der Waals surface area contributed by atoms with E-state index in [9.17, 15) is 13.2 Å². The first kappa shape index (κ1) is 22.7. The number of amides is 1. The van der Waals surface area contributed by atoms with Crippen molar-refractivity contribution in [1.82, 2.24) is 14.9 Å². The monoisotopic (exact) mass is 483 g/mol. The second-order valence-electron chi connectivity index (χ2n) is 8.85. The summed E-state index contributed by atoms with van der Waals surface area (Å²) in [6, 6.07) is 12.1. The predicted octanol–water partition coefficient (Wildman–Crippen LogP) is 3.35. The Morgan fingerprint density at radius 3 is 2.71 bits per heavy atom. The van der Waals surface area contributed by atoms with E-state index in [1.807, 2.05) is 0 Å². The molecule has 1 saturated carbocycles. The molecule has 1 saturated heterocycles. The molecule has 0 radical (unpaired) electrons. The maximum Gasteiger partial charge on any atom is 0.339 e. The Hall–Kier alpha value is -3.11. The Labute approximate surface area is 199 Å². The molecule has 180 valence electrons. The summed E-state index contributed by atoms with van der Waals surface area (Å²) in [5.74, 6) is 0.630. The highest BCUT2D eigenvalue weighted by Crippen LogP contribution is 2.31. The number of anilines is 2. The fourth-order valence-electron chi connectivity index (χ4n) is 4.50. The first-order valence-corrected chi connectivity index (χ1v) is 13.1. The van der Waals surface area contributed by atoms with Crippen LogP contribution in [0.15, 0.2) is 47.4 Å². The van der Waals surface area contributed by atoms with Gasteiger partial charge in [-0.3, -0.25) is 14.6 Å². The van der Waals surface area contributed by atoms with Crippen molar-refractivity contribution in [2.24, 2.45) is 0 Å². The highest BCUT2D eigenvalue weighted by atomic mass is 32.2. The van der Waals surface area contributed by atoms with E-state index in [0.29, 0.717) is 23.0 Å². The molecule has 1 aliphatic carbocycles. The fraction of sp³-hybridized carbons (Fsp3) is 0.417. The van der Waals surface area contributed by atoms with Crippen LogP contribution in [-0.4, -0.2) is 61.4 Å². The van der Waals surface area contributed by atoms with Gasteiger partial charge >= 0.3 is 10.1 Å². The number of aromatic amines is 1. The number of H-pyrrole nitrogens is 1. The quantitative estimate of drug-likeness (QED) is 0.336. The number of fused-ring (bicyclic) bond motifs is 1. The largest absolute Gasteiger partial charge is 0.383 e. The molecular weight excluding hydrogens is 454 g/mol. The summed E-state index contributed by atoms with van der Waals surface area (Å²) in [6.45, 7) is 5.20. The highest BCUT2D eigenvalue weighted by Gasteiger charge is 2.31. The Morgan fingerprint density at radius 2 is 2.00 bits per heavy atom. The molecule has 34 heavy (non-hydrogen) atoms. The van der Waals surface area contributed by atoms with Crippen LogP contribution in [0.5, 0.6) is 5.75 Å². The Kier molecular flexibility index (Phi) is 6.18. The van der Waals surface area contributed by atoms with Gasteiger partial charge in [-0.05, 0) is 75.2 Å². The van der Waals surface area contributed by atoms with Crippen LogP contribution in [0.2, 0.25) is 0 Å². The lowest BCUT2D eigenvalue weighted by Crippen LogP contribution is -2.34. The van der Waals surface area contributed by atoms with E-state index >= 15 is 0 Å². The number of hydrogen-bond donors (Lipinski definition) is 2. The van der Waals surface area contributed by atoms with E-state index in [4.69, 9.17) is 4.18 Å². The van der Waals surface area contributed by atoms with Crippen LogP contribution < -0.4 is 14.4 Å². The molecule has 3 aromatic rings. The van der Waals surface area contributed by atoms with E-state index in [1.54, 1.807) is 47.4 Å². The van der Waals surface area contributed by atoms with Crippen LogP contribution in [0.25, 0.3) is 11.0 Å². The molecule has 10 heteroatoms. The molecule has 5 rings (SSSR count). The Bertz CT molecular complexity index is 1270. The second kappa shape index (κ2) is 9.27. The van der Waals surface area contributed by atoms with Crippen molar-refractivity contribution >= 4 is 39.2 Å². The van der Waals surface area contributed by atoms with Gasteiger partial charge in [-0.1, -0.05) is 6.92 Å². The van der Waals surface area contributed by atoms with Crippen molar-refractivity contribution < 1.29 is 17.4 Å². The molecule has 1 atom stereocenters. The third kappa shape index (κ3) is 4.74. The predicted molar refractivity (Wildman–Crippen MR) is 131 cm³/mol. The lowest BCUT2D eigenvalue weighted by atomic mass is 10.2. The van der Waals surface area contributed by atoms with Crippen LogP contribution in [0.3, 0.4) is 0 Å². The highest BCUT2D eigenvalue weighted by molar-refractivity contribution is 7.87. The van der Waals surface area contributed by atoms with Gasteiger partial charge in [0.2, 0.25) is 12.4 Å². The average molecular weight is 484 g/mol. The van der Waals surface area contributed by atoms with Crippen LogP contribution in [0.4, 0.5) is 11.6 Å². The van der Waals surface area contributed by atoms with E-state index in [0.717, 1.165) is 44.6 Å². The summed E-state index contributed by atoms with van der Waals surface area (Å²) >= 11 is 0. The first-order chi connectivity index (χ1) is 16.5. The van der Waals surface area contributed by atoms with Gasteiger partial charge in [0.05, 0.1) is 11.0 Å². The summed E-state index contributed by atoms with van der Waals surface area (Å²) in [6.07, 6.45) is 5.07. The number of carbonyl (C=O) groups is 1. The Morgan fingerprint density at radius 1 is 1.21 bits per heavy atom. The van der Waals surface area contributed by atoms with Gasteiger partial charge < -0.3 is 14.5 Å². The molecule has 2 N–H and O–H groups in total. The smallest absolute Gasteiger partial charge is 0.339 e. The van der Waals surface area contributed by atoms with E-state index in [-0.39, 0.29) is 16.7 Å². The molecule has 2 aliphatic rings. The third-order valence-corrected chi connectivity index (χ3v) is 7.80. The summed E-state index contributed by atoms with van der Waals surface area (Å²) in [5, 5.41) is 3.41. The number of likely N-dealkylation sites (tertiary alicyclic amines) is 1. The maximum atomic E-state index is 12.8. The third-order valence-electron chi connectivity index (χ3n) is 6.54. The number of carbonyl (C=O) groups excluding carboxylic acids is 1. The molecule has 1 aromatic heterocycles. The number of benzene rings is 2. The summed E-state index contributed by atoms with van der Waals surface area (Å²) < 4.78 is 31.0. The molecule has 1 unspecified atom stereocenters. The summed E-state index contributed by atoms with van der Waals surface area (Å²) in [7, 11) is -4.00. The maximum absolute atomic E-state index is 12.8. The van der Waals surface area contributed by atoms with Crippen LogP contribution in [0, 0.1) is 0 Å². The zero-order valence-electron chi connectivity index (χ0n) is 19.1.